The van der Waals surface area contributed by atoms with Crippen LogP contribution in [0.3, 0.4) is 0 Å². The number of hydrogen-bond acceptors (Lipinski definition) is 4. The minimum absolute atomic E-state index is 0.00407. The van der Waals surface area contributed by atoms with E-state index in [0.29, 0.717) is 12.0 Å². The standard InChI is InChI=1S/C14H17BrN2O4S/c1-17(12-6-7-22(20,21)9-12)13(18)8-16-14(19)10-2-4-11(15)5-3-10/h2-5,12H,6-9H2,1H3,(H,16,19). The molecule has 6 nitrogen and oxygen atoms in total. The fourth-order valence-corrected chi connectivity index (χ4v) is 4.31. The van der Waals surface area contributed by atoms with E-state index in [2.05, 4.69) is 21.2 Å². The number of carbonyl (C=O) groups is 2. The second-order valence-electron chi connectivity index (χ2n) is 5.25. The van der Waals surface area contributed by atoms with Gasteiger partial charge in [0.1, 0.15) is 0 Å². The van der Waals surface area contributed by atoms with Crippen LogP contribution >= 0.6 is 15.9 Å². The maximum atomic E-state index is 12.0. The van der Waals surface area contributed by atoms with Crippen LogP contribution < -0.4 is 5.32 Å². The highest BCUT2D eigenvalue weighted by Crippen LogP contribution is 2.16. The molecule has 1 aliphatic heterocycles. The first-order chi connectivity index (χ1) is 10.3. The maximum absolute atomic E-state index is 12.0. The average molecular weight is 389 g/mol. The summed E-state index contributed by atoms with van der Waals surface area (Å²) in [6, 6.07) is 6.48. The molecule has 120 valence electrons. The Balaban J connectivity index is 1.87. The predicted molar refractivity (Wildman–Crippen MR) is 86.3 cm³/mol. The Morgan fingerprint density at radius 3 is 2.50 bits per heavy atom. The van der Waals surface area contributed by atoms with E-state index in [1.807, 2.05) is 0 Å². The van der Waals surface area contributed by atoms with Gasteiger partial charge in [-0.25, -0.2) is 8.42 Å². The second-order valence-corrected chi connectivity index (χ2v) is 8.40. The molecule has 0 saturated carbocycles. The van der Waals surface area contributed by atoms with Crippen molar-refractivity contribution in [3.8, 4) is 0 Å². The number of nitrogens with one attached hydrogen (secondary N) is 1. The summed E-state index contributed by atoms with van der Waals surface area (Å²) in [4.78, 5) is 25.4. The highest BCUT2D eigenvalue weighted by Gasteiger charge is 2.32. The minimum Gasteiger partial charge on any atom is -0.343 e. The molecule has 1 heterocycles. The van der Waals surface area contributed by atoms with Crippen LogP contribution in [0.5, 0.6) is 0 Å². The molecule has 0 radical (unpaired) electrons. The van der Waals surface area contributed by atoms with Crippen molar-refractivity contribution in [1.82, 2.24) is 10.2 Å². The van der Waals surface area contributed by atoms with E-state index in [1.54, 1.807) is 31.3 Å². The molecule has 1 atom stereocenters. The molecule has 0 aromatic heterocycles. The molecule has 1 saturated heterocycles. The van der Waals surface area contributed by atoms with E-state index in [-0.39, 0.29) is 35.9 Å². The first-order valence-corrected chi connectivity index (χ1v) is 9.40. The first kappa shape index (κ1) is 17.0. The normalized spacial score (nSPS) is 19.6. The third-order valence-corrected chi connectivity index (χ3v) is 5.94. The number of nitrogens with zero attached hydrogens (tertiary/aromatic N) is 1. The molecule has 1 unspecified atom stereocenters. The highest BCUT2D eigenvalue weighted by atomic mass is 79.9. The highest BCUT2D eigenvalue weighted by molar-refractivity contribution is 9.10. The van der Waals surface area contributed by atoms with Gasteiger partial charge in [-0.2, -0.15) is 0 Å². The van der Waals surface area contributed by atoms with Crippen molar-refractivity contribution in [1.29, 1.82) is 0 Å². The second kappa shape index (κ2) is 6.78. The number of halogens is 1. The summed E-state index contributed by atoms with van der Waals surface area (Å²) in [5.74, 6) is -0.531. The van der Waals surface area contributed by atoms with Gasteiger partial charge in [-0.05, 0) is 30.7 Å². The van der Waals surface area contributed by atoms with Gasteiger partial charge in [0.25, 0.3) is 5.91 Å². The third kappa shape index (κ3) is 4.30. The maximum Gasteiger partial charge on any atom is 0.251 e. The molecule has 1 aliphatic rings. The quantitative estimate of drug-likeness (QED) is 0.827. The van der Waals surface area contributed by atoms with Crippen LogP contribution in [-0.4, -0.2) is 56.3 Å². The Labute approximate surface area is 137 Å². The number of benzene rings is 1. The molecule has 1 N–H and O–H groups in total. The van der Waals surface area contributed by atoms with E-state index in [0.717, 1.165) is 4.47 Å². The molecule has 8 heteroatoms. The van der Waals surface area contributed by atoms with Crippen molar-refractivity contribution in [2.24, 2.45) is 0 Å². The summed E-state index contributed by atoms with van der Waals surface area (Å²) in [7, 11) is -1.47. The topological polar surface area (TPSA) is 83.6 Å². The number of rotatable bonds is 4. The molecule has 2 amide bonds. The van der Waals surface area contributed by atoms with Crippen LogP contribution in [0.25, 0.3) is 0 Å². The number of hydrogen-bond donors (Lipinski definition) is 1. The molecular weight excluding hydrogens is 372 g/mol. The number of sulfone groups is 1. The zero-order valence-electron chi connectivity index (χ0n) is 12.1. The van der Waals surface area contributed by atoms with Crippen LogP contribution in [0.2, 0.25) is 0 Å². The van der Waals surface area contributed by atoms with E-state index < -0.39 is 9.84 Å². The molecular formula is C14H17BrN2O4S. The van der Waals surface area contributed by atoms with Crippen LogP contribution in [-0.2, 0) is 14.6 Å². The number of likely N-dealkylation sites (N-methyl/N-ethyl adjacent to an activating group) is 1. The zero-order chi connectivity index (χ0) is 16.3. The Morgan fingerprint density at radius 1 is 1.32 bits per heavy atom. The van der Waals surface area contributed by atoms with Crippen molar-refractivity contribution >= 4 is 37.6 Å². The van der Waals surface area contributed by atoms with E-state index in [4.69, 9.17) is 0 Å². The Kier molecular flexibility index (Phi) is 5.23. The Bertz CT molecular complexity index is 673. The van der Waals surface area contributed by atoms with E-state index in [9.17, 15) is 18.0 Å². The molecule has 1 aromatic rings. The molecule has 1 aromatic carbocycles. The summed E-state index contributed by atoms with van der Waals surface area (Å²) >= 11 is 3.28. The summed E-state index contributed by atoms with van der Waals surface area (Å²) in [6.07, 6.45) is 0.450. The smallest absolute Gasteiger partial charge is 0.251 e. The number of carbonyl (C=O) groups excluding carboxylic acids is 2. The molecule has 0 aliphatic carbocycles. The van der Waals surface area contributed by atoms with Gasteiger partial charge in [0, 0.05) is 23.1 Å². The van der Waals surface area contributed by atoms with E-state index >= 15 is 0 Å². The lowest BCUT2D eigenvalue weighted by molar-refractivity contribution is -0.130. The lowest BCUT2D eigenvalue weighted by atomic mass is 10.2. The summed E-state index contributed by atoms with van der Waals surface area (Å²) in [6.45, 7) is -0.151. The van der Waals surface area contributed by atoms with Crippen molar-refractivity contribution in [2.45, 2.75) is 12.5 Å². The third-order valence-electron chi connectivity index (χ3n) is 3.66. The molecule has 22 heavy (non-hydrogen) atoms. The van der Waals surface area contributed by atoms with Gasteiger partial charge in [0.05, 0.1) is 18.1 Å². The monoisotopic (exact) mass is 388 g/mol. The van der Waals surface area contributed by atoms with Crippen LogP contribution in [0.1, 0.15) is 16.8 Å². The summed E-state index contributed by atoms with van der Waals surface area (Å²) < 4.78 is 23.7. The Morgan fingerprint density at radius 2 is 1.95 bits per heavy atom. The average Bonchev–Trinajstić information content (AvgIpc) is 2.84. The minimum atomic E-state index is -3.04. The van der Waals surface area contributed by atoms with E-state index in [1.165, 1.54) is 4.90 Å². The largest absolute Gasteiger partial charge is 0.343 e. The Hall–Kier alpha value is -1.41. The van der Waals surface area contributed by atoms with Gasteiger partial charge in [-0.1, -0.05) is 15.9 Å². The van der Waals surface area contributed by atoms with Gasteiger partial charge in [-0.15, -0.1) is 0 Å². The molecule has 0 spiro atoms. The fourth-order valence-electron chi connectivity index (χ4n) is 2.27. The van der Waals surface area contributed by atoms with Crippen molar-refractivity contribution in [3.63, 3.8) is 0 Å². The van der Waals surface area contributed by atoms with Crippen LogP contribution in [0, 0.1) is 0 Å². The van der Waals surface area contributed by atoms with Crippen molar-refractivity contribution in [3.05, 3.63) is 34.3 Å². The van der Waals surface area contributed by atoms with Gasteiger partial charge in [0.2, 0.25) is 5.91 Å². The summed E-state index contributed by atoms with van der Waals surface area (Å²) in [5, 5.41) is 2.55. The lowest BCUT2D eigenvalue weighted by Gasteiger charge is -2.23. The van der Waals surface area contributed by atoms with Gasteiger partial charge < -0.3 is 10.2 Å². The number of amides is 2. The zero-order valence-corrected chi connectivity index (χ0v) is 14.5. The van der Waals surface area contributed by atoms with Crippen molar-refractivity contribution < 1.29 is 18.0 Å². The summed E-state index contributed by atoms with van der Waals surface area (Å²) in [5.41, 5.74) is 0.460. The van der Waals surface area contributed by atoms with Crippen LogP contribution in [0.4, 0.5) is 0 Å². The van der Waals surface area contributed by atoms with Crippen molar-refractivity contribution in [2.75, 3.05) is 25.1 Å². The SMILES string of the molecule is CN(C(=O)CNC(=O)c1ccc(Br)cc1)C1CCS(=O)(=O)C1. The van der Waals surface area contributed by atoms with Gasteiger partial charge >= 0.3 is 0 Å². The molecule has 1 fully saturated rings. The first-order valence-electron chi connectivity index (χ1n) is 6.78. The predicted octanol–water partition coefficient (Wildman–Crippen LogP) is 0.824. The lowest BCUT2D eigenvalue weighted by Crippen LogP contribution is -2.43. The molecule has 0 bridgehead atoms. The van der Waals surface area contributed by atoms with Gasteiger partial charge in [0.15, 0.2) is 9.84 Å². The van der Waals surface area contributed by atoms with Crippen LogP contribution in [0.15, 0.2) is 28.7 Å². The molecule has 2 rings (SSSR count). The fraction of sp³-hybridized carbons (Fsp3) is 0.429. The van der Waals surface area contributed by atoms with Gasteiger partial charge in [-0.3, -0.25) is 9.59 Å².